The first kappa shape index (κ1) is 13.5. The van der Waals surface area contributed by atoms with Gasteiger partial charge in [0.25, 0.3) is 0 Å². The lowest BCUT2D eigenvalue weighted by molar-refractivity contribution is 0.127. The normalized spacial score (nSPS) is 23.3. The molecule has 18 heavy (non-hydrogen) atoms. The number of rotatable bonds is 3. The summed E-state index contributed by atoms with van der Waals surface area (Å²) < 4.78 is 0. The average Bonchev–Trinajstić information content (AvgIpc) is 2.32. The zero-order valence-electron chi connectivity index (χ0n) is 10.9. The van der Waals surface area contributed by atoms with E-state index < -0.39 is 0 Å². The quantitative estimate of drug-likeness (QED) is 0.735. The molecule has 0 bridgehead atoms. The first-order chi connectivity index (χ1) is 8.58. The van der Waals surface area contributed by atoms with E-state index in [0.29, 0.717) is 11.0 Å². The molecule has 1 atom stereocenters. The molecule has 1 heterocycles. The first-order valence-corrected chi connectivity index (χ1v) is 7.07. The molecular formula is C12H22N4OS. The van der Waals surface area contributed by atoms with Crippen molar-refractivity contribution in [2.24, 2.45) is 5.73 Å². The Bertz CT molecular complexity index is 324. The Kier molecular flexibility index (Phi) is 4.40. The minimum Gasteiger partial charge on any atom is -0.392 e. The maximum absolute atomic E-state index is 12.0. The Balaban J connectivity index is 1.75. The van der Waals surface area contributed by atoms with Crippen molar-refractivity contribution in [1.82, 2.24) is 15.1 Å². The molecule has 5 nitrogen and oxygen atoms in total. The molecule has 0 spiro atoms. The Labute approximate surface area is 114 Å². The van der Waals surface area contributed by atoms with E-state index in [2.05, 4.69) is 10.2 Å². The van der Waals surface area contributed by atoms with Gasteiger partial charge in [-0.3, -0.25) is 4.90 Å². The summed E-state index contributed by atoms with van der Waals surface area (Å²) in [6.07, 6.45) is 3.50. The van der Waals surface area contributed by atoms with Gasteiger partial charge in [0.15, 0.2) is 0 Å². The smallest absolute Gasteiger partial charge is 0.317 e. The third-order valence-corrected chi connectivity index (χ3v) is 4.33. The molecule has 102 valence electrons. The standard InChI is InChI=1S/C12H22N4OS/c1-9(11(13)18)15-5-7-16(8-6-15)12(17)14-10-3-2-4-10/h9-10H,2-8H2,1H3,(H2,13,18)(H,14,17). The summed E-state index contributed by atoms with van der Waals surface area (Å²) in [5.74, 6) is 0. The van der Waals surface area contributed by atoms with Crippen molar-refractivity contribution in [1.29, 1.82) is 0 Å². The van der Waals surface area contributed by atoms with Crippen LogP contribution < -0.4 is 11.1 Å². The highest BCUT2D eigenvalue weighted by Crippen LogP contribution is 2.18. The second-order valence-electron chi connectivity index (χ2n) is 5.18. The van der Waals surface area contributed by atoms with Crippen LogP contribution in [0.3, 0.4) is 0 Å². The van der Waals surface area contributed by atoms with Crippen molar-refractivity contribution >= 4 is 23.2 Å². The lowest BCUT2D eigenvalue weighted by Gasteiger charge is -2.38. The molecular weight excluding hydrogens is 248 g/mol. The van der Waals surface area contributed by atoms with Crippen molar-refractivity contribution in [2.45, 2.75) is 38.3 Å². The summed E-state index contributed by atoms with van der Waals surface area (Å²) in [6, 6.07) is 0.616. The fraction of sp³-hybridized carbons (Fsp3) is 0.833. The highest BCUT2D eigenvalue weighted by molar-refractivity contribution is 7.80. The van der Waals surface area contributed by atoms with Crippen molar-refractivity contribution in [3.63, 3.8) is 0 Å². The van der Waals surface area contributed by atoms with Crippen molar-refractivity contribution in [2.75, 3.05) is 26.2 Å². The third-order valence-electron chi connectivity index (χ3n) is 3.99. The lowest BCUT2D eigenvalue weighted by Crippen LogP contribution is -2.57. The molecule has 2 fully saturated rings. The predicted molar refractivity (Wildman–Crippen MR) is 75.6 cm³/mol. The molecule has 0 aromatic carbocycles. The lowest BCUT2D eigenvalue weighted by atomic mass is 9.93. The predicted octanol–water partition coefficient (Wildman–Crippen LogP) is 0.541. The molecule has 1 aliphatic carbocycles. The monoisotopic (exact) mass is 270 g/mol. The maximum atomic E-state index is 12.0. The van der Waals surface area contributed by atoms with Gasteiger partial charge in [0, 0.05) is 32.2 Å². The van der Waals surface area contributed by atoms with Crippen LogP contribution in [-0.2, 0) is 0 Å². The number of amides is 2. The molecule has 1 saturated carbocycles. The van der Waals surface area contributed by atoms with Gasteiger partial charge in [0.05, 0.1) is 11.0 Å². The van der Waals surface area contributed by atoms with Crippen molar-refractivity contribution < 1.29 is 4.79 Å². The van der Waals surface area contributed by atoms with Gasteiger partial charge in [-0.05, 0) is 26.2 Å². The van der Waals surface area contributed by atoms with Crippen LogP contribution in [0.25, 0.3) is 0 Å². The van der Waals surface area contributed by atoms with Crippen LogP contribution in [0, 0.1) is 0 Å². The van der Waals surface area contributed by atoms with Crippen molar-refractivity contribution in [3.05, 3.63) is 0 Å². The zero-order valence-corrected chi connectivity index (χ0v) is 11.7. The molecule has 0 aromatic heterocycles. The Hall–Kier alpha value is -0.880. The van der Waals surface area contributed by atoms with E-state index in [1.807, 2.05) is 11.8 Å². The molecule has 3 N–H and O–H groups in total. The molecule has 2 rings (SSSR count). The largest absolute Gasteiger partial charge is 0.392 e. The number of carbonyl (C=O) groups is 1. The van der Waals surface area contributed by atoms with Crippen LogP contribution >= 0.6 is 12.2 Å². The van der Waals surface area contributed by atoms with Crippen LogP contribution in [-0.4, -0.2) is 59.1 Å². The van der Waals surface area contributed by atoms with Gasteiger partial charge in [-0.2, -0.15) is 0 Å². The summed E-state index contributed by atoms with van der Waals surface area (Å²) in [4.78, 5) is 16.6. The molecule has 6 heteroatoms. The number of hydrogen-bond donors (Lipinski definition) is 2. The van der Waals surface area contributed by atoms with E-state index in [-0.39, 0.29) is 12.1 Å². The number of nitrogens with two attached hydrogens (primary N) is 1. The number of thiocarbonyl (C=S) groups is 1. The van der Waals surface area contributed by atoms with E-state index in [1.54, 1.807) is 0 Å². The summed E-state index contributed by atoms with van der Waals surface area (Å²) in [5.41, 5.74) is 5.65. The molecule has 1 saturated heterocycles. The second kappa shape index (κ2) is 5.84. The van der Waals surface area contributed by atoms with Gasteiger partial charge in [0.2, 0.25) is 0 Å². The van der Waals surface area contributed by atoms with Gasteiger partial charge < -0.3 is 16.0 Å². The Morgan fingerprint density at radius 2 is 1.94 bits per heavy atom. The highest BCUT2D eigenvalue weighted by Gasteiger charge is 2.27. The van der Waals surface area contributed by atoms with Gasteiger partial charge >= 0.3 is 6.03 Å². The van der Waals surface area contributed by atoms with E-state index >= 15 is 0 Å². The third kappa shape index (κ3) is 3.11. The highest BCUT2D eigenvalue weighted by atomic mass is 32.1. The molecule has 2 amide bonds. The van der Waals surface area contributed by atoms with E-state index in [0.717, 1.165) is 39.0 Å². The maximum Gasteiger partial charge on any atom is 0.317 e. The summed E-state index contributed by atoms with van der Waals surface area (Å²) in [5, 5.41) is 3.07. The number of carbonyl (C=O) groups excluding carboxylic acids is 1. The van der Waals surface area contributed by atoms with Gasteiger partial charge in [-0.15, -0.1) is 0 Å². The van der Waals surface area contributed by atoms with Crippen molar-refractivity contribution in [3.8, 4) is 0 Å². The SMILES string of the molecule is CC(C(N)=S)N1CCN(C(=O)NC2CCC2)CC1. The number of hydrogen-bond acceptors (Lipinski definition) is 3. The van der Waals surface area contributed by atoms with Gasteiger partial charge in [-0.25, -0.2) is 4.79 Å². The number of piperazine rings is 1. The molecule has 0 radical (unpaired) electrons. The molecule has 2 aliphatic rings. The topological polar surface area (TPSA) is 61.6 Å². The molecule has 1 aliphatic heterocycles. The second-order valence-corrected chi connectivity index (χ2v) is 5.65. The van der Waals surface area contributed by atoms with E-state index in [9.17, 15) is 4.79 Å². The zero-order chi connectivity index (χ0) is 13.1. The van der Waals surface area contributed by atoms with Crippen LogP contribution in [0.5, 0.6) is 0 Å². The number of nitrogens with one attached hydrogen (secondary N) is 1. The van der Waals surface area contributed by atoms with E-state index in [1.165, 1.54) is 6.42 Å². The minimum atomic E-state index is 0.0855. The first-order valence-electron chi connectivity index (χ1n) is 6.66. The summed E-state index contributed by atoms with van der Waals surface area (Å²) >= 11 is 5.00. The number of urea groups is 1. The Morgan fingerprint density at radius 3 is 2.39 bits per heavy atom. The molecule has 1 unspecified atom stereocenters. The van der Waals surface area contributed by atoms with Crippen LogP contribution in [0.2, 0.25) is 0 Å². The fourth-order valence-corrected chi connectivity index (χ4v) is 2.46. The molecule has 0 aromatic rings. The van der Waals surface area contributed by atoms with Crippen LogP contribution in [0.1, 0.15) is 26.2 Å². The average molecular weight is 270 g/mol. The fourth-order valence-electron chi connectivity index (χ4n) is 2.31. The van der Waals surface area contributed by atoms with Crippen LogP contribution in [0.15, 0.2) is 0 Å². The number of nitrogens with zero attached hydrogens (tertiary/aromatic N) is 2. The van der Waals surface area contributed by atoms with Crippen LogP contribution in [0.4, 0.5) is 4.79 Å². The summed E-state index contributed by atoms with van der Waals surface area (Å²) in [6.45, 7) is 5.22. The van der Waals surface area contributed by atoms with Gasteiger partial charge in [0.1, 0.15) is 0 Å². The van der Waals surface area contributed by atoms with E-state index in [4.69, 9.17) is 18.0 Å². The minimum absolute atomic E-state index is 0.0855. The summed E-state index contributed by atoms with van der Waals surface area (Å²) in [7, 11) is 0. The van der Waals surface area contributed by atoms with Gasteiger partial charge in [-0.1, -0.05) is 12.2 Å². The Morgan fingerprint density at radius 1 is 1.33 bits per heavy atom.